The fraction of sp³-hybridized carbons (Fsp3) is 0.481. The van der Waals surface area contributed by atoms with Crippen LogP contribution in [0.15, 0.2) is 36.4 Å². The monoisotopic (exact) mass is 573 g/mol. The van der Waals surface area contributed by atoms with E-state index in [2.05, 4.69) is 35.8 Å². The Morgan fingerprint density at radius 2 is 1.77 bits per heavy atom. The number of carbonyl (C=O) groups is 1. The molecule has 13 heteroatoms. The second-order valence-corrected chi connectivity index (χ2v) is 10.8. The minimum atomic E-state index is -4.84. The number of nitrogens with one attached hydrogen (secondary N) is 1. The maximum atomic E-state index is 13.0. The molecule has 3 aromatic rings. The van der Waals surface area contributed by atoms with Crippen molar-refractivity contribution >= 4 is 28.6 Å². The van der Waals surface area contributed by atoms with E-state index >= 15 is 0 Å². The lowest BCUT2D eigenvalue weighted by molar-refractivity contribution is -0.274. The van der Waals surface area contributed by atoms with Crippen molar-refractivity contribution in [2.24, 2.45) is 11.3 Å². The zero-order valence-electron chi connectivity index (χ0n) is 22.2. The number of hydrogen-bond acceptors (Lipinski definition) is 6. The van der Waals surface area contributed by atoms with Gasteiger partial charge < -0.3 is 24.1 Å². The number of aromatic nitrogens is 2. The van der Waals surface area contributed by atoms with Crippen LogP contribution >= 0.6 is 0 Å². The number of nitrogens with zero attached hydrogens (tertiary/aromatic N) is 2. The predicted molar refractivity (Wildman–Crippen MR) is 135 cm³/mol. The number of methoxy groups -OCH3 is 1. The minimum Gasteiger partial charge on any atom is -0.483 e. The Morgan fingerprint density at radius 1 is 1.10 bits per heavy atom. The van der Waals surface area contributed by atoms with Crippen LogP contribution in [0.1, 0.15) is 56.4 Å². The van der Waals surface area contributed by atoms with E-state index in [1.807, 2.05) is 4.57 Å². The Labute approximate surface area is 226 Å². The van der Waals surface area contributed by atoms with Gasteiger partial charge in [0.15, 0.2) is 6.61 Å². The molecule has 1 aliphatic rings. The fourth-order valence-electron chi connectivity index (χ4n) is 5.49. The first-order chi connectivity index (χ1) is 18.5. The molecule has 1 fully saturated rings. The zero-order chi connectivity index (χ0) is 29.5. The van der Waals surface area contributed by atoms with E-state index in [-0.39, 0.29) is 22.8 Å². The molecule has 2 aromatic carbocycles. The van der Waals surface area contributed by atoms with Gasteiger partial charge in [-0.1, -0.05) is 20.8 Å². The molecule has 218 valence electrons. The number of ether oxygens (including phenoxy) is 3. The van der Waals surface area contributed by atoms with E-state index in [9.17, 15) is 31.1 Å². The molecule has 1 aliphatic carbocycles. The summed E-state index contributed by atoms with van der Waals surface area (Å²) in [6.07, 6.45) is -7.02. The Kier molecular flexibility index (Phi) is 7.88. The van der Waals surface area contributed by atoms with Crippen LogP contribution in [-0.4, -0.2) is 41.8 Å². The molecule has 4 rings (SSSR count). The van der Waals surface area contributed by atoms with Crippen LogP contribution in [0, 0.1) is 11.3 Å². The van der Waals surface area contributed by atoms with Gasteiger partial charge in [0, 0.05) is 17.8 Å². The molecule has 1 saturated carbocycles. The lowest BCUT2D eigenvalue weighted by Gasteiger charge is -2.40. The highest BCUT2D eigenvalue weighted by Crippen LogP contribution is 2.46. The number of esters is 1. The number of halogens is 6. The minimum absolute atomic E-state index is 0.0473. The molecular weight excluding hydrogens is 544 g/mol. The molecule has 1 heterocycles. The maximum Gasteiger partial charge on any atom is 0.573 e. The van der Waals surface area contributed by atoms with Crippen LogP contribution in [0.4, 0.5) is 38.0 Å². The molecule has 7 nitrogen and oxygen atoms in total. The zero-order valence-corrected chi connectivity index (χ0v) is 22.2. The summed E-state index contributed by atoms with van der Waals surface area (Å²) >= 11 is 0. The number of rotatable bonds is 7. The Bertz CT molecular complexity index is 1370. The van der Waals surface area contributed by atoms with Crippen molar-refractivity contribution in [3.63, 3.8) is 0 Å². The lowest BCUT2D eigenvalue weighted by atomic mass is 9.70. The first-order valence-corrected chi connectivity index (χ1v) is 12.5. The molecule has 0 radical (unpaired) electrons. The standard InChI is InChI=1S/C27H29F6N3O4/c1-15-9-17(13-25(2,3)12-15)36-21-11-22(39-14-26(28,29)30)19(23(37)38-4)10-20(21)35-24(36)34-16-5-7-18(8-6-16)40-27(31,32)33/h5-8,10-11,15,17H,9,12-14H2,1-4H3,(H,34,35)/t15-,17+/m1/s1. The van der Waals surface area contributed by atoms with Gasteiger partial charge in [0.2, 0.25) is 5.95 Å². The van der Waals surface area contributed by atoms with E-state index < -0.39 is 30.9 Å². The quantitative estimate of drug-likeness (QED) is 0.230. The molecule has 0 unspecified atom stereocenters. The van der Waals surface area contributed by atoms with E-state index in [1.165, 1.54) is 24.3 Å². The summed E-state index contributed by atoms with van der Waals surface area (Å²) in [4.78, 5) is 17.0. The molecule has 0 saturated heterocycles. The number of benzene rings is 2. The van der Waals surface area contributed by atoms with Crippen molar-refractivity contribution in [1.29, 1.82) is 0 Å². The number of carbonyl (C=O) groups excluding carboxylic acids is 1. The van der Waals surface area contributed by atoms with Gasteiger partial charge >= 0.3 is 18.5 Å². The fourth-order valence-corrected chi connectivity index (χ4v) is 5.49. The smallest absolute Gasteiger partial charge is 0.483 e. The average Bonchev–Trinajstić information content (AvgIpc) is 3.16. The van der Waals surface area contributed by atoms with Gasteiger partial charge in [-0.05, 0) is 60.9 Å². The number of imidazole rings is 1. The summed E-state index contributed by atoms with van der Waals surface area (Å²) in [7, 11) is 1.10. The first kappa shape index (κ1) is 29.3. The van der Waals surface area contributed by atoms with Gasteiger partial charge in [0.05, 0.1) is 18.1 Å². The third-order valence-corrected chi connectivity index (χ3v) is 6.66. The second kappa shape index (κ2) is 10.7. The van der Waals surface area contributed by atoms with Crippen LogP contribution < -0.4 is 14.8 Å². The number of alkyl halides is 6. The van der Waals surface area contributed by atoms with Crippen molar-refractivity contribution in [2.45, 2.75) is 58.6 Å². The van der Waals surface area contributed by atoms with Crippen molar-refractivity contribution in [3.05, 3.63) is 42.0 Å². The van der Waals surface area contributed by atoms with E-state index in [0.29, 0.717) is 28.6 Å². The third-order valence-electron chi connectivity index (χ3n) is 6.66. The van der Waals surface area contributed by atoms with Crippen LogP contribution in [0.2, 0.25) is 0 Å². The Balaban J connectivity index is 1.82. The molecular formula is C27H29F6N3O4. The SMILES string of the molecule is COC(=O)c1cc2nc(Nc3ccc(OC(F)(F)F)cc3)n([C@H]3C[C@@H](C)CC(C)(C)C3)c2cc1OCC(F)(F)F. The highest BCUT2D eigenvalue weighted by Gasteiger charge is 2.36. The highest BCUT2D eigenvalue weighted by atomic mass is 19.4. The van der Waals surface area contributed by atoms with Gasteiger partial charge in [0.1, 0.15) is 17.1 Å². The highest BCUT2D eigenvalue weighted by molar-refractivity contribution is 5.97. The molecule has 1 aromatic heterocycles. The van der Waals surface area contributed by atoms with Crippen LogP contribution in [-0.2, 0) is 4.74 Å². The summed E-state index contributed by atoms with van der Waals surface area (Å²) in [5.41, 5.74) is 0.862. The predicted octanol–water partition coefficient (Wildman–Crippen LogP) is 7.79. The molecule has 0 amide bonds. The largest absolute Gasteiger partial charge is 0.573 e. The summed E-state index contributed by atoms with van der Waals surface area (Å²) in [5, 5.41) is 3.11. The molecule has 0 spiro atoms. The van der Waals surface area contributed by atoms with Crippen LogP contribution in [0.3, 0.4) is 0 Å². The first-order valence-electron chi connectivity index (χ1n) is 12.5. The maximum absolute atomic E-state index is 13.0. The number of hydrogen-bond donors (Lipinski definition) is 1. The topological polar surface area (TPSA) is 74.6 Å². The number of fused-ring (bicyclic) bond motifs is 1. The summed E-state index contributed by atoms with van der Waals surface area (Å²) in [5.74, 6) is -0.966. The molecule has 0 bridgehead atoms. The van der Waals surface area contributed by atoms with Gasteiger partial charge in [-0.3, -0.25) is 0 Å². The van der Waals surface area contributed by atoms with Gasteiger partial charge in [0.25, 0.3) is 0 Å². The van der Waals surface area contributed by atoms with Crippen molar-refractivity contribution in [2.75, 3.05) is 19.0 Å². The number of anilines is 2. The molecule has 2 atom stereocenters. The molecule has 1 N–H and O–H groups in total. The van der Waals surface area contributed by atoms with Crippen molar-refractivity contribution in [3.8, 4) is 11.5 Å². The van der Waals surface area contributed by atoms with Gasteiger partial charge in [-0.15, -0.1) is 13.2 Å². The van der Waals surface area contributed by atoms with Crippen LogP contribution in [0.5, 0.6) is 11.5 Å². The Hall–Kier alpha value is -3.64. The second-order valence-electron chi connectivity index (χ2n) is 10.8. The lowest BCUT2D eigenvalue weighted by Crippen LogP contribution is -2.29. The van der Waals surface area contributed by atoms with Crippen molar-refractivity contribution < 1.29 is 45.3 Å². The molecule has 40 heavy (non-hydrogen) atoms. The third kappa shape index (κ3) is 7.11. The van der Waals surface area contributed by atoms with E-state index in [0.717, 1.165) is 38.5 Å². The summed E-state index contributed by atoms with van der Waals surface area (Å²) < 4.78 is 92.3. The van der Waals surface area contributed by atoms with Crippen molar-refractivity contribution in [1.82, 2.24) is 9.55 Å². The summed E-state index contributed by atoms with van der Waals surface area (Å²) in [6, 6.07) is 7.59. The Morgan fingerprint density at radius 3 is 2.35 bits per heavy atom. The van der Waals surface area contributed by atoms with Crippen LogP contribution in [0.25, 0.3) is 11.0 Å². The van der Waals surface area contributed by atoms with E-state index in [4.69, 9.17) is 9.47 Å². The summed E-state index contributed by atoms with van der Waals surface area (Å²) in [6.45, 7) is 4.78. The van der Waals surface area contributed by atoms with Gasteiger partial charge in [-0.25, -0.2) is 9.78 Å². The van der Waals surface area contributed by atoms with Gasteiger partial charge in [-0.2, -0.15) is 13.2 Å². The average molecular weight is 574 g/mol. The normalized spacial score (nSPS) is 19.4. The molecule has 0 aliphatic heterocycles. The van der Waals surface area contributed by atoms with E-state index in [1.54, 1.807) is 0 Å².